The molecule has 3 N–H and O–H groups in total. The summed E-state index contributed by atoms with van der Waals surface area (Å²) in [6, 6.07) is 2.46. The summed E-state index contributed by atoms with van der Waals surface area (Å²) in [6.45, 7) is -0.184. The normalized spacial score (nSPS) is 9.75. The number of carbonyl (C=O) groups is 1. The number of nitrogens with two attached hydrogens (primary N) is 1. The van der Waals surface area contributed by atoms with Crippen molar-refractivity contribution in [2.45, 2.75) is 0 Å². The molecule has 1 aromatic carbocycles. The highest BCUT2D eigenvalue weighted by molar-refractivity contribution is 5.93. The van der Waals surface area contributed by atoms with Crippen LogP contribution in [0.3, 0.4) is 0 Å². The van der Waals surface area contributed by atoms with E-state index < -0.39 is 11.7 Å². The number of amides is 1. The van der Waals surface area contributed by atoms with Crippen LogP contribution in [-0.4, -0.2) is 26.7 Å². The van der Waals surface area contributed by atoms with Crippen molar-refractivity contribution in [3.05, 3.63) is 17.9 Å². The van der Waals surface area contributed by atoms with E-state index in [9.17, 15) is 9.18 Å². The minimum atomic E-state index is -0.587. The molecule has 0 saturated heterocycles. The Labute approximate surface area is 92.3 Å². The molecule has 0 aliphatic carbocycles. The third kappa shape index (κ3) is 2.60. The topological polar surface area (TPSA) is 73.6 Å². The van der Waals surface area contributed by atoms with Crippen molar-refractivity contribution in [1.29, 1.82) is 0 Å². The lowest BCUT2D eigenvalue weighted by atomic mass is 10.2. The molecule has 0 atom stereocenters. The second-order valence-corrected chi connectivity index (χ2v) is 2.94. The molecule has 1 rings (SSSR count). The first-order valence-corrected chi connectivity index (χ1v) is 4.53. The Bertz CT molecular complexity index is 396. The van der Waals surface area contributed by atoms with Crippen molar-refractivity contribution < 1.29 is 18.7 Å². The molecule has 0 aliphatic heterocycles. The summed E-state index contributed by atoms with van der Waals surface area (Å²) in [7, 11) is 2.75. The van der Waals surface area contributed by atoms with Crippen molar-refractivity contribution in [1.82, 2.24) is 0 Å². The molecule has 16 heavy (non-hydrogen) atoms. The average molecular weight is 228 g/mol. The Hall–Kier alpha value is -1.82. The fraction of sp³-hybridized carbons (Fsp3) is 0.300. The van der Waals surface area contributed by atoms with Gasteiger partial charge in [0.15, 0.2) is 11.6 Å². The highest BCUT2D eigenvalue weighted by Crippen LogP contribution is 2.31. The van der Waals surface area contributed by atoms with Crippen LogP contribution in [0.25, 0.3) is 0 Å². The van der Waals surface area contributed by atoms with Crippen molar-refractivity contribution in [2.75, 3.05) is 26.1 Å². The first-order valence-electron chi connectivity index (χ1n) is 4.53. The average Bonchev–Trinajstić information content (AvgIpc) is 2.29. The predicted octanol–water partition coefficient (Wildman–Crippen LogP) is 0.740. The van der Waals surface area contributed by atoms with Crippen LogP contribution in [0, 0.1) is 5.82 Å². The van der Waals surface area contributed by atoms with Crippen molar-refractivity contribution in [3.63, 3.8) is 0 Å². The lowest BCUT2D eigenvalue weighted by Gasteiger charge is -2.11. The van der Waals surface area contributed by atoms with Gasteiger partial charge in [-0.05, 0) is 0 Å². The molecule has 0 saturated carbocycles. The highest BCUT2D eigenvalue weighted by atomic mass is 19.1. The van der Waals surface area contributed by atoms with Gasteiger partial charge in [-0.1, -0.05) is 0 Å². The molecule has 0 fully saturated rings. The van der Waals surface area contributed by atoms with E-state index in [4.69, 9.17) is 15.2 Å². The van der Waals surface area contributed by atoms with Gasteiger partial charge in [-0.2, -0.15) is 0 Å². The number of rotatable bonds is 4. The van der Waals surface area contributed by atoms with Gasteiger partial charge in [0.2, 0.25) is 5.91 Å². The van der Waals surface area contributed by atoms with E-state index in [0.717, 1.165) is 6.07 Å². The molecule has 0 aromatic heterocycles. The number of carbonyl (C=O) groups excluding carboxylic acids is 1. The van der Waals surface area contributed by atoms with Crippen LogP contribution in [-0.2, 0) is 4.79 Å². The van der Waals surface area contributed by atoms with E-state index in [1.807, 2.05) is 0 Å². The standard InChI is InChI=1S/C10H13FN2O3/c1-15-8-4-9(16-2)7(3-6(8)11)13-10(14)5-12/h3-4H,5,12H2,1-2H3,(H,13,14). The quantitative estimate of drug-likeness (QED) is 0.797. The molecule has 0 aliphatic rings. The van der Waals surface area contributed by atoms with Crippen LogP contribution >= 0.6 is 0 Å². The first-order chi connectivity index (χ1) is 7.62. The van der Waals surface area contributed by atoms with Crippen molar-refractivity contribution in [2.24, 2.45) is 5.73 Å². The van der Waals surface area contributed by atoms with Crippen LogP contribution in [0.5, 0.6) is 11.5 Å². The summed E-state index contributed by atoms with van der Waals surface area (Å²) in [6.07, 6.45) is 0. The number of methoxy groups -OCH3 is 2. The molecule has 0 heterocycles. The van der Waals surface area contributed by atoms with Gasteiger partial charge in [0.1, 0.15) is 5.75 Å². The van der Waals surface area contributed by atoms with E-state index >= 15 is 0 Å². The Morgan fingerprint density at radius 1 is 1.38 bits per heavy atom. The van der Waals surface area contributed by atoms with Gasteiger partial charge in [-0.3, -0.25) is 4.79 Å². The summed E-state index contributed by atoms with van der Waals surface area (Å²) in [5.74, 6) is -0.666. The minimum Gasteiger partial charge on any atom is -0.494 e. The fourth-order valence-electron chi connectivity index (χ4n) is 1.16. The number of hydrogen-bond donors (Lipinski definition) is 2. The zero-order valence-corrected chi connectivity index (χ0v) is 9.04. The monoisotopic (exact) mass is 228 g/mol. The second-order valence-electron chi connectivity index (χ2n) is 2.94. The van der Waals surface area contributed by atoms with Gasteiger partial charge in [-0.25, -0.2) is 4.39 Å². The second kappa shape index (κ2) is 5.32. The Morgan fingerprint density at radius 3 is 2.50 bits per heavy atom. The molecule has 1 aromatic rings. The summed E-state index contributed by atoms with van der Waals surface area (Å²) < 4.78 is 23.1. The van der Waals surface area contributed by atoms with Crippen LogP contribution in [0.15, 0.2) is 12.1 Å². The van der Waals surface area contributed by atoms with Gasteiger partial charge in [-0.15, -0.1) is 0 Å². The zero-order chi connectivity index (χ0) is 12.1. The van der Waals surface area contributed by atoms with E-state index in [0.29, 0.717) is 5.75 Å². The predicted molar refractivity (Wildman–Crippen MR) is 57.2 cm³/mol. The number of hydrogen-bond acceptors (Lipinski definition) is 4. The van der Waals surface area contributed by atoms with Crippen LogP contribution in [0.4, 0.5) is 10.1 Å². The molecule has 5 nitrogen and oxygen atoms in total. The van der Waals surface area contributed by atoms with Crippen LogP contribution in [0.1, 0.15) is 0 Å². The maximum absolute atomic E-state index is 13.4. The van der Waals surface area contributed by atoms with Gasteiger partial charge in [0.25, 0.3) is 0 Å². The molecule has 0 bridgehead atoms. The first kappa shape index (κ1) is 12.3. The van der Waals surface area contributed by atoms with E-state index in [1.54, 1.807) is 0 Å². The lowest BCUT2D eigenvalue weighted by Crippen LogP contribution is -2.22. The van der Waals surface area contributed by atoms with E-state index in [1.165, 1.54) is 20.3 Å². The number of halogens is 1. The molecule has 1 amide bonds. The Morgan fingerprint density at radius 2 is 2.00 bits per heavy atom. The van der Waals surface area contributed by atoms with E-state index in [-0.39, 0.29) is 18.0 Å². The van der Waals surface area contributed by atoms with E-state index in [2.05, 4.69) is 5.32 Å². The summed E-state index contributed by atoms with van der Waals surface area (Å²) in [5, 5.41) is 2.42. The lowest BCUT2D eigenvalue weighted by molar-refractivity contribution is -0.114. The molecule has 0 radical (unpaired) electrons. The largest absolute Gasteiger partial charge is 0.494 e. The maximum atomic E-state index is 13.4. The molecule has 6 heteroatoms. The highest BCUT2D eigenvalue weighted by Gasteiger charge is 2.12. The third-order valence-corrected chi connectivity index (χ3v) is 1.93. The number of benzene rings is 1. The fourth-order valence-corrected chi connectivity index (χ4v) is 1.16. The van der Waals surface area contributed by atoms with Gasteiger partial charge < -0.3 is 20.5 Å². The van der Waals surface area contributed by atoms with Crippen molar-refractivity contribution in [3.8, 4) is 11.5 Å². The van der Waals surface area contributed by atoms with Crippen LogP contribution < -0.4 is 20.5 Å². The van der Waals surface area contributed by atoms with Gasteiger partial charge in [0, 0.05) is 12.1 Å². The van der Waals surface area contributed by atoms with Gasteiger partial charge >= 0.3 is 0 Å². The summed E-state index contributed by atoms with van der Waals surface area (Å²) >= 11 is 0. The zero-order valence-electron chi connectivity index (χ0n) is 9.04. The van der Waals surface area contributed by atoms with Gasteiger partial charge in [0.05, 0.1) is 26.5 Å². The smallest absolute Gasteiger partial charge is 0.238 e. The third-order valence-electron chi connectivity index (χ3n) is 1.93. The molecule has 88 valence electrons. The maximum Gasteiger partial charge on any atom is 0.238 e. The number of ether oxygens (including phenoxy) is 2. The molecule has 0 spiro atoms. The summed E-state index contributed by atoms with van der Waals surface area (Å²) in [5.41, 5.74) is 5.35. The molecular formula is C10H13FN2O3. The Balaban J connectivity index is 3.08. The SMILES string of the molecule is COc1cc(OC)c(NC(=O)CN)cc1F. The van der Waals surface area contributed by atoms with Crippen molar-refractivity contribution >= 4 is 11.6 Å². The molecule has 0 unspecified atom stereocenters. The minimum absolute atomic E-state index is 0.0441. The van der Waals surface area contributed by atoms with Crippen LogP contribution in [0.2, 0.25) is 0 Å². The molecular weight excluding hydrogens is 215 g/mol. The number of anilines is 1. The summed E-state index contributed by atoms with van der Waals surface area (Å²) in [4.78, 5) is 11.1. The Kier molecular flexibility index (Phi) is 4.07. The number of nitrogens with one attached hydrogen (secondary N) is 1.